The summed E-state index contributed by atoms with van der Waals surface area (Å²) in [5, 5.41) is 27.5. The highest BCUT2D eigenvalue weighted by atomic mass is 16.5. The maximum Gasteiger partial charge on any atom is 0.306 e. The van der Waals surface area contributed by atoms with Gasteiger partial charge in [0.1, 0.15) is 6.10 Å². The van der Waals surface area contributed by atoms with Crippen molar-refractivity contribution in [1.29, 1.82) is 0 Å². The molecule has 0 saturated heterocycles. The second-order valence-corrected chi connectivity index (χ2v) is 3.21. The van der Waals surface area contributed by atoms with Gasteiger partial charge < -0.3 is 20.1 Å². The van der Waals surface area contributed by atoms with Crippen LogP contribution in [-0.2, 0) is 4.79 Å². The van der Waals surface area contributed by atoms with Crippen LogP contribution in [0.3, 0.4) is 0 Å². The van der Waals surface area contributed by atoms with E-state index in [2.05, 4.69) is 4.98 Å². The number of aliphatic carboxylic acids is 1. The SMILES string of the molecule is COc1cccc(C(O)C(O)CC(=O)O)n1. The van der Waals surface area contributed by atoms with E-state index in [0.717, 1.165) is 0 Å². The number of pyridine rings is 1. The Morgan fingerprint density at radius 1 is 1.50 bits per heavy atom. The third-order valence-corrected chi connectivity index (χ3v) is 2.01. The highest BCUT2D eigenvalue weighted by Gasteiger charge is 2.22. The van der Waals surface area contributed by atoms with E-state index in [0.29, 0.717) is 5.88 Å². The van der Waals surface area contributed by atoms with E-state index in [1.807, 2.05) is 0 Å². The summed E-state index contributed by atoms with van der Waals surface area (Å²) in [6.07, 6.45) is -3.27. The number of rotatable bonds is 5. The number of aromatic nitrogens is 1. The van der Waals surface area contributed by atoms with Gasteiger partial charge in [-0.3, -0.25) is 4.79 Å². The molecule has 1 rings (SSSR count). The van der Waals surface area contributed by atoms with E-state index in [-0.39, 0.29) is 5.69 Å². The largest absolute Gasteiger partial charge is 0.481 e. The monoisotopic (exact) mass is 227 g/mol. The Balaban J connectivity index is 2.78. The van der Waals surface area contributed by atoms with Crippen molar-refractivity contribution in [3.63, 3.8) is 0 Å². The Morgan fingerprint density at radius 3 is 2.75 bits per heavy atom. The maximum absolute atomic E-state index is 10.4. The predicted octanol–water partition coefficient (Wildman–Crippen LogP) is -0.0408. The summed E-state index contributed by atoms with van der Waals surface area (Å²) in [6.45, 7) is 0. The Morgan fingerprint density at radius 2 is 2.19 bits per heavy atom. The van der Waals surface area contributed by atoms with Crippen molar-refractivity contribution in [3.05, 3.63) is 23.9 Å². The Bertz CT molecular complexity index is 368. The van der Waals surface area contributed by atoms with Crippen molar-refractivity contribution in [2.24, 2.45) is 0 Å². The van der Waals surface area contributed by atoms with Gasteiger partial charge >= 0.3 is 5.97 Å². The molecule has 0 aliphatic rings. The van der Waals surface area contributed by atoms with Crippen molar-refractivity contribution >= 4 is 5.97 Å². The molecule has 1 aromatic rings. The smallest absolute Gasteiger partial charge is 0.306 e. The first kappa shape index (κ1) is 12.4. The van der Waals surface area contributed by atoms with Gasteiger partial charge in [0.15, 0.2) is 0 Å². The van der Waals surface area contributed by atoms with Crippen molar-refractivity contribution in [3.8, 4) is 5.88 Å². The molecule has 2 unspecified atom stereocenters. The number of carboxylic acid groups (broad SMARTS) is 1. The zero-order valence-corrected chi connectivity index (χ0v) is 8.70. The molecule has 6 nitrogen and oxygen atoms in total. The zero-order chi connectivity index (χ0) is 12.1. The Hall–Kier alpha value is -1.66. The van der Waals surface area contributed by atoms with Crippen LogP contribution in [0.5, 0.6) is 5.88 Å². The number of methoxy groups -OCH3 is 1. The van der Waals surface area contributed by atoms with Crippen molar-refractivity contribution < 1.29 is 24.9 Å². The van der Waals surface area contributed by atoms with Crippen LogP contribution in [0.1, 0.15) is 18.2 Å². The lowest BCUT2D eigenvalue weighted by atomic mass is 10.1. The first-order valence-corrected chi connectivity index (χ1v) is 4.63. The molecule has 16 heavy (non-hydrogen) atoms. The van der Waals surface area contributed by atoms with Gasteiger partial charge in [0.25, 0.3) is 0 Å². The van der Waals surface area contributed by atoms with Crippen LogP contribution in [0.15, 0.2) is 18.2 Å². The molecule has 0 spiro atoms. The van der Waals surface area contributed by atoms with Crippen molar-refractivity contribution in [2.45, 2.75) is 18.6 Å². The molecular weight excluding hydrogens is 214 g/mol. The lowest BCUT2D eigenvalue weighted by molar-refractivity contribution is -0.141. The van der Waals surface area contributed by atoms with E-state index >= 15 is 0 Å². The van der Waals surface area contributed by atoms with Gasteiger partial charge in [-0.2, -0.15) is 0 Å². The first-order chi connectivity index (χ1) is 7.54. The number of ether oxygens (including phenoxy) is 1. The summed E-state index contributed by atoms with van der Waals surface area (Å²) in [4.78, 5) is 14.2. The number of hydrogen-bond acceptors (Lipinski definition) is 5. The van der Waals surface area contributed by atoms with Gasteiger partial charge in [0.2, 0.25) is 5.88 Å². The average Bonchev–Trinajstić information content (AvgIpc) is 2.27. The second kappa shape index (κ2) is 5.43. The maximum atomic E-state index is 10.4. The van der Waals surface area contributed by atoms with E-state index < -0.39 is 24.6 Å². The van der Waals surface area contributed by atoms with E-state index in [4.69, 9.17) is 9.84 Å². The molecule has 0 aromatic carbocycles. The second-order valence-electron chi connectivity index (χ2n) is 3.21. The molecule has 6 heteroatoms. The summed E-state index contributed by atoms with van der Waals surface area (Å²) in [5.41, 5.74) is 0.174. The number of carbonyl (C=O) groups is 1. The van der Waals surface area contributed by atoms with E-state index in [1.54, 1.807) is 12.1 Å². The third kappa shape index (κ3) is 3.18. The Kier molecular flexibility index (Phi) is 4.21. The minimum Gasteiger partial charge on any atom is -0.481 e. The molecule has 1 aromatic heterocycles. The van der Waals surface area contributed by atoms with Crippen molar-refractivity contribution in [1.82, 2.24) is 4.98 Å². The van der Waals surface area contributed by atoms with Crippen LogP contribution in [0, 0.1) is 0 Å². The van der Waals surface area contributed by atoms with Crippen LogP contribution in [0.25, 0.3) is 0 Å². The van der Waals surface area contributed by atoms with Gasteiger partial charge in [0, 0.05) is 6.07 Å². The summed E-state index contributed by atoms with van der Waals surface area (Å²) < 4.78 is 4.85. The molecule has 0 bridgehead atoms. The van der Waals surface area contributed by atoms with E-state index in [9.17, 15) is 15.0 Å². The molecule has 0 fully saturated rings. The molecule has 0 saturated carbocycles. The standard InChI is InChI=1S/C10H13NO5/c1-16-8-4-2-3-6(11-8)10(15)7(12)5-9(13)14/h2-4,7,10,12,15H,5H2,1H3,(H,13,14). The van der Waals surface area contributed by atoms with Gasteiger partial charge in [-0.15, -0.1) is 0 Å². The highest BCUT2D eigenvalue weighted by Crippen LogP contribution is 2.19. The Labute approximate surface area is 92.1 Å². The molecule has 1 heterocycles. The lowest BCUT2D eigenvalue weighted by Crippen LogP contribution is -2.22. The molecule has 88 valence electrons. The lowest BCUT2D eigenvalue weighted by Gasteiger charge is -2.15. The van der Waals surface area contributed by atoms with Crippen LogP contribution < -0.4 is 4.74 Å². The minimum atomic E-state index is -1.39. The summed E-state index contributed by atoms with van der Waals surface area (Å²) in [7, 11) is 1.42. The minimum absolute atomic E-state index is 0.174. The summed E-state index contributed by atoms with van der Waals surface area (Å²) in [6, 6.07) is 4.66. The summed E-state index contributed by atoms with van der Waals surface area (Å²) >= 11 is 0. The molecule has 3 N–H and O–H groups in total. The third-order valence-electron chi connectivity index (χ3n) is 2.01. The zero-order valence-electron chi connectivity index (χ0n) is 8.70. The highest BCUT2D eigenvalue weighted by molar-refractivity contribution is 5.67. The topological polar surface area (TPSA) is 99.9 Å². The normalized spacial score (nSPS) is 14.2. The van der Waals surface area contributed by atoms with Gasteiger partial charge in [-0.05, 0) is 6.07 Å². The van der Waals surface area contributed by atoms with Crippen LogP contribution >= 0.6 is 0 Å². The van der Waals surface area contributed by atoms with Crippen molar-refractivity contribution in [2.75, 3.05) is 7.11 Å². The number of aliphatic hydroxyl groups is 2. The molecule has 0 aliphatic carbocycles. The van der Waals surface area contributed by atoms with Gasteiger partial charge in [-0.25, -0.2) is 4.98 Å². The fraction of sp³-hybridized carbons (Fsp3) is 0.400. The molecule has 2 atom stereocenters. The van der Waals surface area contributed by atoms with Crippen LogP contribution in [-0.4, -0.2) is 39.5 Å². The first-order valence-electron chi connectivity index (χ1n) is 4.63. The number of hydrogen-bond donors (Lipinski definition) is 3. The molecule has 0 aliphatic heterocycles. The van der Waals surface area contributed by atoms with Gasteiger partial charge in [0.05, 0.1) is 25.3 Å². The fourth-order valence-electron chi connectivity index (χ4n) is 1.20. The average molecular weight is 227 g/mol. The quantitative estimate of drug-likeness (QED) is 0.652. The van der Waals surface area contributed by atoms with Crippen LogP contribution in [0.4, 0.5) is 0 Å². The fourth-order valence-corrected chi connectivity index (χ4v) is 1.20. The number of aliphatic hydroxyl groups excluding tert-OH is 2. The van der Waals surface area contributed by atoms with Gasteiger partial charge in [-0.1, -0.05) is 6.07 Å². The molecule has 0 amide bonds. The molecular formula is C10H13NO5. The predicted molar refractivity (Wildman–Crippen MR) is 54.0 cm³/mol. The number of carboxylic acids is 1. The molecule has 0 radical (unpaired) electrons. The summed E-state index contributed by atoms with van der Waals surface area (Å²) in [5.74, 6) is -0.895. The number of nitrogens with zero attached hydrogens (tertiary/aromatic N) is 1. The van der Waals surface area contributed by atoms with E-state index in [1.165, 1.54) is 13.2 Å². The van der Waals surface area contributed by atoms with Crippen LogP contribution in [0.2, 0.25) is 0 Å².